The van der Waals surface area contributed by atoms with Gasteiger partial charge in [-0.3, -0.25) is 9.59 Å². The van der Waals surface area contributed by atoms with Crippen LogP contribution in [0.2, 0.25) is 0 Å². The Morgan fingerprint density at radius 1 is 1.44 bits per heavy atom. The molecule has 1 aromatic carbocycles. The molecule has 0 atom stereocenters. The van der Waals surface area contributed by atoms with E-state index in [4.69, 9.17) is 0 Å². The molecule has 0 radical (unpaired) electrons. The summed E-state index contributed by atoms with van der Waals surface area (Å²) in [5.41, 5.74) is 0.381. The highest BCUT2D eigenvalue weighted by atomic mass is 19.1. The number of hydrogen-bond donors (Lipinski definition) is 1. The molecule has 0 aliphatic heterocycles. The molecule has 1 aromatic rings. The Morgan fingerprint density at radius 2 is 2.06 bits per heavy atom. The molecule has 0 aliphatic carbocycles. The predicted octanol–water partition coefficient (Wildman–Crippen LogP) is 1.86. The first-order chi connectivity index (χ1) is 7.52. The van der Waals surface area contributed by atoms with Gasteiger partial charge in [0.05, 0.1) is 5.56 Å². The zero-order chi connectivity index (χ0) is 12.3. The first-order valence-corrected chi connectivity index (χ1v) is 4.70. The summed E-state index contributed by atoms with van der Waals surface area (Å²) < 4.78 is 13.3. The minimum absolute atomic E-state index is 0.0642. The lowest BCUT2D eigenvalue weighted by Crippen LogP contribution is -2.21. The van der Waals surface area contributed by atoms with Crippen molar-refractivity contribution in [3.05, 3.63) is 47.3 Å². The smallest absolute Gasteiger partial charge is 0.251 e. The number of nitrogens with one attached hydrogen (secondary N) is 1. The van der Waals surface area contributed by atoms with Crippen LogP contribution in [0.3, 0.4) is 0 Å². The SMILES string of the molecule is C=CC(=O)c1c(C(=O)NC)ccc(F)c1C. The maximum atomic E-state index is 13.3. The van der Waals surface area contributed by atoms with Gasteiger partial charge < -0.3 is 5.32 Å². The van der Waals surface area contributed by atoms with Gasteiger partial charge in [0, 0.05) is 12.6 Å². The molecule has 1 N–H and O–H groups in total. The number of allylic oxidation sites excluding steroid dienone is 1. The van der Waals surface area contributed by atoms with Crippen molar-refractivity contribution in [1.82, 2.24) is 5.32 Å². The number of ketones is 1. The summed E-state index contributed by atoms with van der Waals surface area (Å²) in [7, 11) is 1.45. The Kier molecular flexibility index (Phi) is 3.55. The van der Waals surface area contributed by atoms with E-state index in [1.165, 1.54) is 26.1 Å². The number of carbonyl (C=O) groups is 2. The van der Waals surface area contributed by atoms with Crippen LogP contribution in [0, 0.1) is 12.7 Å². The fraction of sp³-hybridized carbons (Fsp3) is 0.167. The molecule has 0 spiro atoms. The molecule has 0 unspecified atom stereocenters. The third kappa shape index (κ3) is 2.00. The Morgan fingerprint density at radius 3 is 2.56 bits per heavy atom. The van der Waals surface area contributed by atoms with E-state index in [1.54, 1.807) is 0 Å². The molecule has 0 heterocycles. The average molecular weight is 221 g/mol. The van der Waals surface area contributed by atoms with Gasteiger partial charge in [0.25, 0.3) is 5.91 Å². The largest absolute Gasteiger partial charge is 0.355 e. The summed E-state index contributed by atoms with van der Waals surface area (Å²) in [6, 6.07) is 2.46. The topological polar surface area (TPSA) is 46.2 Å². The Labute approximate surface area is 93.0 Å². The summed E-state index contributed by atoms with van der Waals surface area (Å²) >= 11 is 0. The maximum Gasteiger partial charge on any atom is 0.251 e. The first-order valence-electron chi connectivity index (χ1n) is 4.70. The van der Waals surface area contributed by atoms with E-state index < -0.39 is 17.5 Å². The first kappa shape index (κ1) is 12.1. The minimum Gasteiger partial charge on any atom is -0.355 e. The zero-order valence-electron chi connectivity index (χ0n) is 9.13. The number of amides is 1. The molecule has 0 fully saturated rings. The standard InChI is InChI=1S/C12H12FNO2/c1-4-10(15)11-7(2)9(13)6-5-8(11)12(16)14-3/h4-6H,1H2,2-3H3,(H,14,16). The summed E-state index contributed by atoms with van der Waals surface area (Å²) in [6.07, 6.45) is 1.06. The molecule has 0 saturated heterocycles. The second-order valence-corrected chi connectivity index (χ2v) is 3.24. The Balaban J connectivity index is 3.50. The molecule has 4 heteroatoms. The van der Waals surface area contributed by atoms with Crippen molar-refractivity contribution < 1.29 is 14.0 Å². The number of benzene rings is 1. The minimum atomic E-state index is -0.516. The van der Waals surface area contributed by atoms with E-state index in [0.29, 0.717) is 0 Å². The van der Waals surface area contributed by atoms with Crippen LogP contribution in [-0.4, -0.2) is 18.7 Å². The lowest BCUT2D eigenvalue weighted by atomic mass is 9.97. The van der Waals surface area contributed by atoms with Gasteiger partial charge in [0.15, 0.2) is 5.78 Å². The van der Waals surface area contributed by atoms with Crippen LogP contribution in [0.15, 0.2) is 24.8 Å². The van der Waals surface area contributed by atoms with Crippen LogP contribution in [0.4, 0.5) is 4.39 Å². The van der Waals surface area contributed by atoms with E-state index in [2.05, 4.69) is 11.9 Å². The fourth-order valence-corrected chi connectivity index (χ4v) is 1.43. The highest BCUT2D eigenvalue weighted by Gasteiger charge is 2.18. The summed E-state index contributed by atoms with van der Waals surface area (Å²) in [4.78, 5) is 23.1. The van der Waals surface area contributed by atoms with Gasteiger partial charge in [0.2, 0.25) is 0 Å². The van der Waals surface area contributed by atoms with Gasteiger partial charge in [-0.2, -0.15) is 0 Å². The Bertz CT molecular complexity index is 466. The van der Waals surface area contributed by atoms with Gasteiger partial charge in [-0.1, -0.05) is 6.58 Å². The van der Waals surface area contributed by atoms with Crippen LogP contribution < -0.4 is 5.32 Å². The highest BCUT2D eigenvalue weighted by Crippen LogP contribution is 2.18. The summed E-state index contributed by atoms with van der Waals surface area (Å²) in [6.45, 7) is 4.79. The van der Waals surface area contributed by atoms with Crippen molar-refractivity contribution in [2.45, 2.75) is 6.92 Å². The van der Waals surface area contributed by atoms with Crippen molar-refractivity contribution in [1.29, 1.82) is 0 Å². The van der Waals surface area contributed by atoms with Crippen molar-refractivity contribution >= 4 is 11.7 Å². The third-order valence-corrected chi connectivity index (χ3v) is 2.30. The average Bonchev–Trinajstić information content (AvgIpc) is 2.30. The lowest BCUT2D eigenvalue weighted by Gasteiger charge is -2.09. The third-order valence-electron chi connectivity index (χ3n) is 2.30. The van der Waals surface area contributed by atoms with Crippen LogP contribution in [0.25, 0.3) is 0 Å². The van der Waals surface area contributed by atoms with Crippen LogP contribution in [-0.2, 0) is 0 Å². The highest BCUT2D eigenvalue weighted by molar-refractivity contribution is 6.13. The van der Waals surface area contributed by atoms with E-state index in [0.717, 1.165) is 6.08 Å². The van der Waals surface area contributed by atoms with Crippen molar-refractivity contribution in [2.75, 3.05) is 7.05 Å². The van der Waals surface area contributed by atoms with Crippen LogP contribution in [0.1, 0.15) is 26.3 Å². The van der Waals surface area contributed by atoms with Crippen molar-refractivity contribution in [2.24, 2.45) is 0 Å². The molecule has 1 amide bonds. The molecule has 0 saturated carbocycles. The van der Waals surface area contributed by atoms with E-state index in [9.17, 15) is 14.0 Å². The quantitative estimate of drug-likeness (QED) is 0.625. The molecule has 0 aromatic heterocycles. The van der Waals surface area contributed by atoms with Gasteiger partial charge in [-0.25, -0.2) is 4.39 Å². The molecular weight excluding hydrogens is 209 g/mol. The van der Waals surface area contributed by atoms with E-state index >= 15 is 0 Å². The van der Waals surface area contributed by atoms with Crippen LogP contribution in [0.5, 0.6) is 0 Å². The van der Waals surface area contributed by atoms with Crippen molar-refractivity contribution in [3.63, 3.8) is 0 Å². The monoisotopic (exact) mass is 221 g/mol. The number of hydrogen-bond acceptors (Lipinski definition) is 2. The second-order valence-electron chi connectivity index (χ2n) is 3.24. The normalized spacial score (nSPS) is 9.69. The van der Waals surface area contributed by atoms with Gasteiger partial charge >= 0.3 is 0 Å². The predicted molar refractivity (Wildman–Crippen MR) is 59.1 cm³/mol. The van der Waals surface area contributed by atoms with E-state index in [-0.39, 0.29) is 16.7 Å². The zero-order valence-corrected chi connectivity index (χ0v) is 9.13. The number of rotatable bonds is 3. The summed E-state index contributed by atoms with van der Waals surface area (Å²) in [5.74, 6) is -1.40. The molecule has 84 valence electrons. The van der Waals surface area contributed by atoms with Gasteiger partial charge in [-0.15, -0.1) is 0 Å². The number of carbonyl (C=O) groups excluding carboxylic acids is 2. The lowest BCUT2D eigenvalue weighted by molar-refractivity contribution is 0.0951. The molecular formula is C12H12FNO2. The molecule has 1 rings (SSSR count). The Hall–Kier alpha value is -1.97. The summed E-state index contributed by atoms with van der Waals surface area (Å²) in [5, 5.41) is 2.40. The van der Waals surface area contributed by atoms with Crippen molar-refractivity contribution in [3.8, 4) is 0 Å². The second kappa shape index (κ2) is 4.70. The maximum absolute atomic E-state index is 13.3. The number of halogens is 1. The fourth-order valence-electron chi connectivity index (χ4n) is 1.43. The molecule has 0 aliphatic rings. The molecule has 0 bridgehead atoms. The van der Waals surface area contributed by atoms with Gasteiger partial charge in [0.1, 0.15) is 5.82 Å². The van der Waals surface area contributed by atoms with Crippen LogP contribution >= 0.6 is 0 Å². The van der Waals surface area contributed by atoms with Gasteiger partial charge in [-0.05, 0) is 30.7 Å². The van der Waals surface area contributed by atoms with E-state index in [1.807, 2.05) is 0 Å². The molecule has 3 nitrogen and oxygen atoms in total. The molecule has 16 heavy (non-hydrogen) atoms.